The standard InChI is InChI=1S/C31H47FN4O5/c32-24-18-22-26-30(27(24)35-12-16-40-17-13-35)41-29-21-5-2-1-4-20(21)6-7-25(29)36(26)19-23(28(22)37)31(38)33-8-3-9-34-10-14-39-15-11-34/h19-22,24-27,29-30H,1-18H2,(H,33,38). The second-order valence-corrected chi connectivity index (χ2v) is 13.3. The Morgan fingerprint density at radius 2 is 1.71 bits per heavy atom. The fourth-order valence-corrected chi connectivity index (χ4v) is 9.23. The van der Waals surface area contributed by atoms with Crippen LogP contribution in [0.1, 0.15) is 51.4 Å². The molecule has 3 saturated heterocycles. The van der Waals surface area contributed by atoms with E-state index in [2.05, 4.69) is 20.0 Å². The number of halogens is 1. The summed E-state index contributed by atoms with van der Waals surface area (Å²) in [5, 5.41) is 3.02. The molecule has 9 atom stereocenters. The Kier molecular flexibility index (Phi) is 8.38. The number of amides is 1. The van der Waals surface area contributed by atoms with Gasteiger partial charge in [-0.25, -0.2) is 4.39 Å². The average molecular weight is 575 g/mol. The summed E-state index contributed by atoms with van der Waals surface area (Å²) in [7, 11) is 0. The number of nitrogens with one attached hydrogen (secondary N) is 1. The fourth-order valence-electron chi connectivity index (χ4n) is 9.23. The first-order chi connectivity index (χ1) is 20.1. The lowest BCUT2D eigenvalue weighted by Crippen LogP contribution is -2.74. The highest BCUT2D eigenvalue weighted by atomic mass is 19.1. The zero-order valence-electron chi connectivity index (χ0n) is 24.3. The molecule has 0 spiro atoms. The number of ketones is 1. The van der Waals surface area contributed by atoms with Crippen molar-refractivity contribution in [3.63, 3.8) is 0 Å². The second kappa shape index (κ2) is 12.2. The van der Waals surface area contributed by atoms with Crippen molar-refractivity contribution in [1.29, 1.82) is 0 Å². The highest BCUT2D eigenvalue weighted by molar-refractivity contribution is 6.20. The lowest BCUT2D eigenvalue weighted by atomic mass is 9.64. The smallest absolute Gasteiger partial charge is 0.256 e. The number of ether oxygens (including phenoxy) is 3. The second-order valence-electron chi connectivity index (χ2n) is 13.3. The molecule has 10 heteroatoms. The van der Waals surface area contributed by atoms with Gasteiger partial charge in [0.25, 0.3) is 5.91 Å². The molecule has 0 aromatic carbocycles. The molecule has 1 N–H and O–H groups in total. The zero-order chi connectivity index (χ0) is 27.9. The SMILES string of the molecule is O=C(NCCCN1CCOCC1)C1=CN2C3CCC4CCCCC4C3OC3C(N4CCOCC4)C(F)CC(C1=O)C32. The lowest BCUT2D eigenvalue weighted by Gasteiger charge is -2.62. The third-order valence-corrected chi connectivity index (χ3v) is 11.2. The number of alkyl halides is 1. The number of rotatable bonds is 6. The van der Waals surface area contributed by atoms with Crippen LogP contribution in [0, 0.1) is 17.8 Å². The summed E-state index contributed by atoms with van der Waals surface area (Å²) in [6.07, 6.45) is 8.36. The molecule has 0 radical (unpaired) electrons. The first-order valence-electron chi connectivity index (χ1n) is 16.3. The van der Waals surface area contributed by atoms with E-state index in [-0.39, 0.29) is 54.0 Å². The maximum atomic E-state index is 16.2. The summed E-state index contributed by atoms with van der Waals surface area (Å²) in [6.45, 7) is 7.31. The number of hydrogen-bond donors (Lipinski definition) is 1. The lowest BCUT2D eigenvalue weighted by molar-refractivity contribution is -0.235. The van der Waals surface area contributed by atoms with Gasteiger partial charge in [0.15, 0.2) is 5.78 Å². The molecule has 3 aliphatic carbocycles. The van der Waals surface area contributed by atoms with Crippen molar-refractivity contribution in [3.05, 3.63) is 11.8 Å². The van der Waals surface area contributed by atoms with E-state index in [0.29, 0.717) is 44.7 Å². The van der Waals surface area contributed by atoms with Crippen molar-refractivity contribution in [1.82, 2.24) is 20.0 Å². The number of fused-ring (bicyclic) bond motifs is 4. The van der Waals surface area contributed by atoms with Crippen LogP contribution in [-0.2, 0) is 23.8 Å². The quantitative estimate of drug-likeness (QED) is 0.380. The number of hydrogen-bond acceptors (Lipinski definition) is 8. The molecule has 0 aromatic heterocycles. The van der Waals surface area contributed by atoms with E-state index >= 15 is 4.39 Å². The van der Waals surface area contributed by atoms with Gasteiger partial charge in [0.05, 0.1) is 62.3 Å². The Morgan fingerprint density at radius 1 is 0.951 bits per heavy atom. The molecule has 9 nitrogen and oxygen atoms in total. The normalized spacial score (nSPS) is 41.6. The van der Waals surface area contributed by atoms with Gasteiger partial charge in [0.1, 0.15) is 6.17 Å². The van der Waals surface area contributed by atoms with E-state index in [1.807, 2.05) is 6.20 Å². The van der Waals surface area contributed by atoms with Crippen LogP contribution in [-0.4, -0.2) is 129 Å². The molecule has 0 aromatic rings. The largest absolute Gasteiger partial charge is 0.379 e. The van der Waals surface area contributed by atoms with Gasteiger partial charge in [-0.3, -0.25) is 19.4 Å². The molecule has 7 rings (SSSR count). The number of carbonyl (C=O) groups excluding carboxylic acids is 2. The van der Waals surface area contributed by atoms with Crippen LogP contribution < -0.4 is 5.32 Å². The summed E-state index contributed by atoms with van der Waals surface area (Å²) in [5.74, 6) is 0.0474. The predicted molar refractivity (Wildman–Crippen MR) is 150 cm³/mol. The fraction of sp³-hybridized carbons (Fsp3) is 0.871. The topological polar surface area (TPSA) is 83.6 Å². The Labute approximate surface area is 243 Å². The maximum Gasteiger partial charge on any atom is 0.256 e. The van der Waals surface area contributed by atoms with Gasteiger partial charge in [0, 0.05) is 44.8 Å². The molecule has 41 heavy (non-hydrogen) atoms. The molecule has 4 aliphatic heterocycles. The van der Waals surface area contributed by atoms with E-state index in [1.54, 1.807) is 0 Å². The summed E-state index contributed by atoms with van der Waals surface area (Å²) in [4.78, 5) is 34.2. The molecule has 4 heterocycles. The maximum absolute atomic E-state index is 16.2. The number of Topliss-reactive ketones (excluding diaryl/α,β-unsaturated/α-hetero) is 1. The van der Waals surface area contributed by atoms with Crippen LogP contribution in [0.5, 0.6) is 0 Å². The van der Waals surface area contributed by atoms with Gasteiger partial charge in [-0.1, -0.05) is 19.3 Å². The van der Waals surface area contributed by atoms with E-state index in [9.17, 15) is 9.59 Å². The Balaban J connectivity index is 1.14. The van der Waals surface area contributed by atoms with E-state index in [4.69, 9.17) is 14.2 Å². The monoisotopic (exact) mass is 574 g/mol. The molecule has 6 fully saturated rings. The minimum atomic E-state index is -1.18. The number of nitrogens with zero attached hydrogens (tertiary/aromatic N) is 3. The van der Waals surface area contributed by atoms with Crippen LogP contribution in [0.4, 0.5) is 4.39 Å². The van der Waals surface area contributed by atoms with Crippen LogP contribution in [0.2, 0.25) is 0 Å². The Morgan fingerprint density at radius 3 is 2.51 bits per heavy atom. The molecule has 3 saturated carbocycles. The van der Waals surface area contributed by atoms with Gasteiger partial charge in [-0.05, 0) is 50.5 Å². The molecular formula is C31H47FN4O5. The molecule has 9 unspecified atom stereocenters. The van der Waals surface area contributed by atoms with Gasteiger partial charge in [-0.2, -0.15) is 0 Å². The van der Waals surface area contributed by atoms with Crippen molar-refractivity contribution >= 4 is 11.7 Å². The van der Waals surface area contributed by atoms with Crippen molar-refractivity contribution in [2.75, 3.05) is 65.7 Å². The van der Waals surface area contributed by atoms with Gasteiger partial charge in [-0.15, -0.1) is 0 Å². The third kappa shape index (κ3) is 5.37. The average Bonchev–Trinajstić information content (AvgIpc) is 3.01. The summed E-state index contributed by atoms with van der Waals surface area (Å²) in [5.41, 5.74) is 0.208. The Hall–Kier alpha value is -1.59. The Bertz CT molecular complexity index is 1000. The zero-order valence-corrected chi connectivity index (χ0v) is 24.3. The summed E-state index contributed by atoms with van der Waals surface area (Å²) in [6, 6.07) is -0.470. The molecule has 7 aliphatic rings. The minimum Gasteiger partial charge on any atom is -0.379 e. The van der Waals surface area contributed by atoms with Gasteiger partial charge >= 0.3 is 0 Å². The third-order valence-electron chi connectivity index (χ3n) is 11.2. The summed E-state index contributed by atoms with van der Waals surface area (Å²) < 4.78 is 34.3. The minimum absolute atomic E-state index is 0.0204. The molecule has 1 amide bonds. The van der Waals surface area contributed by atoms with E-state index < -0.39 is 12.1 Å². The first kappa shape index (κ1) is 28.2. The van der Waals surface area contributed by atoms with Crippen LogP contribution in [0.25, 0.3) is 0 Å². The number of morpholine rings is 3. The highest BCUT2D eigenvalue weighted by Gasteiger charge is 2.61. The van der Waals surface area contributed by atoms with Crippen molar-refractivity contribution < 1.29 is 28.2 Å². The van der Waals surface area contributed by atoms with Crippen LogP contribution in [0.15, 0.2) is 11.8 Å². The van der Waals surface area contributed by atoms with Crippen molar-refractivity contribution in [3.8, 4) is 0 Å². The van der Waals surface area contributed by atoms with Crippen LogP contribution in [0.3, 0.4) is 0 Å². The van der Waals surface area contributed by atoms with Crippen molar-refractivity contribution in [2.24, 2.45) is 17.8 Å². The molecular weight excluding hydrogens is 527 g/mol. The molecule has 0 bridgehead atoms. The molecule has 228 valence electrons. The van der Waals surface area contributed by atoms with E-state index in [0.717, 1.165) is 58.5 Å². The number of carbonyl (C=O) groups is 2. The first-order valence-corrected chi connectivity index (χ1v) is 16.3. The van der Waals surface area contributed by atoms with E-state index in [1.165, 1.54) is 19.3 Å². The van der Waals surface area contributed by atoms with Crippen LogP contribution >= 0.6 is 0 Å². The van der Waals surface area contributed by atoms with Gasteiger partial charge in [0.2, 0.25) is 0 Å². The van der Waals surface area contributed by atoms with Gasteiger partial charge < -0.3 is 24.4 Å². The highest BCUT2D eigenvalue weighted by Crippen LogP contribution is 2.51. The summed E-state index contributed by atoms with van der Waals surface area (Å²) >= 11 is 0. The predicted octanol–water partition coefficient (Wildman–Crippen LogP) is 1.76. The van der Waals surface area contributed by atoms with Crippen molar-refractivity contribution in [2.45, 2.75) is 87.9 Å².